The lowest BCUT2D eigenvalue weighted by atomic mass is 9.82. The molecule has 1 aromatic carbocycles. The van der Waals surface area contributed by atoms with E-state index in [1.165, 1.54) is 13.1 Å². The molecule has 1 saturated heterocycles. The molecule has 3 aliphatic heterocycles. The molecule has 4 heterocycles. The summed E-state index contributed by atoms with van der Waals surface area (Å²) in [5.74, 6) is -3.65. The number of rotatable bonds is 8. The molecule has 322 valence electrons. The highest BCUT2D eigenvalue weighted by molar-refractivity contribution is 7.91. The molecule has 1 aromatic heterocycles. The number of pyridine rings is 1. The van der Waals surface area contributed by atoms with Gasteiger partial charge in [0.15, 0.2) is 0 Å². The van der Waals surface area contributed by atoms with E-state index < -0.39 is 85.9 Å². The van der Waals surface area contributed by atoms with E-state index in [4.69, 9.17) is 9.47 Å². The molecule has 18 heteroatoms. The quantitative estimate of drug-likeness (QED) is 0.288. The second kappa shape index (κ2) is 15.1. The number of aromatic nitrogens is 1. The molecule has 2 aliphatic carbocycles. The summed E-state index contributed by atoms with van der Waals surface area (Å²) in [4.78, 5) is 62.5. The number of carbonyl (C=O) groups is 4. The molecule has 0 bridgehead atoms. The number of carbonyl (C=O) groups excluding carboxylic acids is 3. The minimum atomic E-state index is -5.09. The first-order chi connectivity index (χ1) is 27.6. The number of halogens is 3. The molecule has 7 rings (SSSR count). The van der Waals surface area contributed by atoms with Crippen molar-refractivity contribution < 1.29 is 55.3 Å². The summed E-state index contributed by atoms with van der Waals surface area (Å²) in [7, 11) is -4.12. The van der Waals surface area contributed by atoms with Crippen molar-refractivity contribution >= 4 is 44.6 Å². The highest BCUT2D eigenvalue weighted by atomic mass is 32.2. The molecule has 7 atom stereocenters. The van der Waals surface area contributed by atoms with Crippen LogP contribution in [0.3, 0.4) is 0 Å². The van der Waals surface area contributed by atoms with Crippen LogP contribution in [0.1, 0.15) is 91.5 Å². The van der Waals surface area contributed by atoms with Crippen LogP contribution in [0.25, 0.3) is 10.8 Å². The molecule has 0 spiro atoms. The molecule has 5 aliphatic rings. The number of nitrogens with zero attached hydrogens (tertiary/aromatic N) is 3. The van der Waals surface area contributed by atoms with Gasteiger partial charge in [-0.1, -0.05) is 38.5 Å². The van der Waals surface area contributed by atoms with Gasteiger partial charge in [-0.15, -0.1) is 0 Å². The summed E-state index contributed by atoms with van der Waals surface area (Å²) in [5, 5.41) is 14.6. The molecule has 2 saturated carbocycles. The van der Waals surface area contributed by atoms with Gasteiger partial charge in [-0.05, 0) is 88.8 Å². The summed E-state index contributed by atoms with van der Waals surface area (Å²) in [6.45, 7) is 6.67. The number of sulfonamides is 1. The first-order valence-electron chi connectivity index (χ1n) is 20.3. The third kappa shape index (κ3) is 7.69. The van der Waals surface area contributed by atoms with Gasteiger partial charge in [0.25, 0.3) is 5.91 Å². The van der Waals surface area contributed by atoms with E-state index in [0.29, 0.717) is 57.3 Å². The fourth-order valence-corrected chi connectivity index (χ4v) is 10.2. The number of nitrogens with one attached hydrogen (secondary N) is 2. The second-order valence-electron chi connectivity index (χ2n) is 17.7. The van der Waals surface area contributed by atoms with Crippen LogP contribution in [0, 0.1) is 17.8 Å². The van der Waals surface area contributed by atoms with E-state index in [-0.39, 0.29) is 48.9 Å². The number of alkyl halides is 3. The topological polar surface area (TPSA) is 185 Å². The molecule has 0 unspecified atom stereocenters. The number of amides is 4. The zero-order valence-corrected chi connectivity index (χ0v) is 34.6. The van der Waals surface area contributed by atoms with Crippen molar-refractivity contribution in [3.05, 3.63) is 42.1 Å². The molecular formula is C41H52F3N5O9S. The number of carboxylic acid groups (broad SMARTS) is 1. The van der Waals surface area contributed by atoms with Gasteiger partial charge in [0.1, 0.15) is 35.0 Å². The molecule has 3 fully saturated rings. The maximum atomic E-state index is 15.2. The van der Waals surface area contributed by atoms with Crippen molar-refractivity contribution in [2.45, 2.75) is 133 Å². The number of benzene rings is 1. The lowest BCUT2D eigenvalue weighted by Crippen LogP contribution is -2.66. The van der Waals surface area contributed by atoms with E-state index >= 15 is 4.79 Å². The molecule has 4 amide bonds. The Labute approximate surface area is 341 Å². The Kier molecular flexibility index (Phi) is 10.9. The highest BCUT2D eigenvalue weighted by Crippen LogP contribution is 2.48. The van der Waals surface area contributed by atoms with Gasteiger partial charge in [0.2, 0.25) is 27.7 Å². The van der Waals surface area contributed by atoms with Crippen molar-refractivity contribution in [2.75, 3.05) is 13.2 Å². The molecule has 3 N–H and O–H groups in total. The van der Waals surface area contributed by atoms with Crippen LogP contribution >= 0.6 is 0 Å². The zero-order chi connectivity index (χ0) is 42.9. The van der Waals surface area contributed by atoms with E-state index in [2.05, 4.69) is 15.0 Å². The smallest absolute Gasteiger partial charge is 0.411 e. The van der Waals surface area contributed by atoms with E-state index in [9.17, 15) is 41.1 Å². The van der Waals surface area contributed by atoms with Crippen molar-refractivity contribution in [3.8, 4) is 11.6 Å². The largest absolute Gasteiger partial charge is 0.492 e. The normalized spacial score (nSPS) is 29.5. The minimum absolute atomic E-state index is 0.0584. The van der Waals surface area contributed by atoms with Crippen LogP contribution in [0.15, 0.2) is 36.5 Å². The van der Waals surface area contributed by atoms with E-state index in [1.807, 2.05) is 25.1 Å². The maximum absolute atomic E-state index is 15.2. The molecule has 2 aromatic rings. The van der Waals surface area contributed by atoms with Crippen LogP contribution in [-0.4, -0.2) is 105 Å². The van der Waals surface area contributed by atoms with Gasteiger partial charge < -0.3 is 24.8 Å². The maximum Gasteiger partial charge on any atom is 0.411 e. The Morgan fingerprint density at radius 2 is 1.88 bits per heavy atom. The fourth-order valence-electron chi connectivity index (χ4n) is 8.90. The molecule has 59 heavy (non-hydrogen) atoms. The van der Waals surface area contributed by atoms with Gasteiger partial charge in [-0.3, -0.25) is 24.0 Å². The summed E-state index contributed by atoms with van der Waals surface area (Å²) < 4.78 is 84.2. The van der Waals surface area contributed by atoms with Crippen LogP contribution < -0.4 is 19.5 Å². The average Bonchev–Trinajstić information content (AvgIpc) is 3.94. The number of hydrogen-bond donors (Lipinski definition) is 3. The standard InChI is InChI=1S/C41H52F3N5O9S/c1-6-24-19-23(2)9-7-8-10-26-21-40(26,36(52)47-59(55,56)39(5)15-16-39)46-33(50)30-20-27(58-34-29-12-11-25-14-18-57-32(25)28(29)13-17-45-34)22-48(30)35(51)31(24)49(37(53)54)38(3,4)41(42,43)44/h8,10-13,17,23-24,26-27,30-31H,6-7,9,14-16,18-22H2,1-5H3,(H,46,50)(H,47,52)(H,53,54)/t23-,24-,26-,27-,30+,31+,40-/m1/s1. The Hall–Kier alpha value is -4.61. The Morgan fingerprint density at radius 1 is 1.15 bits per heavy atom. The number of hydrogen-bond acceptors (Lipinski definition) is 9. The SMILES string of the molecule is CC[C@@H]1C[C@H](C)CCC=C[C@@H]2C[C@@]2(C(=O)NS(=O)(=O)C2(C)CC2)NC(=O)[C@@H]2C[C@@H](Oc3nccc4c5c(ccc34)CCO5)CN2C(=O)[C@H]1N(C(=O)O)C(C)(C)C(F)(F)F. The number of ether oxygens (including phenoxy) is 2. The van der Waals surface area contributed by atoms with Gasteiger partial charge in [0.05, 0.1) is 17.9 Å². The number of fused-ring (bicyclic) bond motifs is 5. The molecular weight excluding hydrogens is 796 g/mol. The minimum Gasteiger partial charge on any atom is -0.492 e. The molecule has 0 radical (unpaired) electrons. The average molecular weight is 848 g/mol. The third-order valence-corrected chi connectivity index (χ3v) is 15.3. The summed E-state index contributed by atoms with van der Waals surface area (Å²) in [6, 6.07) is 2.15. The lowest BCUT2D eigenvalue weighted by molar-refractivity contribution is -0.222. The summed E-state index contributed by atoms with van der Waals surface area (Å²) >= 11 is 0. The van der Waals surface area contributed by atoms with Crippen molar-refractivity contribution in [1.29, 1.82) is 0 Å². The fraction of sp³-hybridized carbons (Fsp3) is 0.634. The lowest BCUT2D eigenvalue weighted by Gasteiger charge is -2.46. The van der Waals surface area contributed by atoms with Crippen molar-refractivity contribution in [1.82, 2.24) is 24.8 Å². The Balaban J connectivity index is 1.30. The summed E-state index contributed by atoms with van der Waals surface area (Å²) in [5.41, 5.74) is -3.74. The second-order valence-corrected chi connectivity index (χ2v) is 19.9. The zero-order valence-electron chi connectivity index (χ0n) is 33.8. The van der Waals surface area contributed by atoms with Crippen LogP contribution in [0.2, 0.25) is 0 Å². The van der Waals surface area contributed by atoms with Gasteiger partial charge in [0, 0.05) is 35.7 Å². The molecule has 14 nitrogen and oxygen atoms in total. The van der Waals surface area contributed by atoms with Crippen LogP contribution in [-0.2, 0) is 30.8 Å². The van der Waals surface area contributed by atoms with Gasteiger partial charge in [-0.25, -0.2) is 18.2 Å². The predicted octanol–water partition coefficient (Wildman–Crippen LogP) is 5.48. The Morgan fingerprint density at radius 3 is 2.54 bits per heavy atom. The number of allylic oxidation sites excluding steroid dienone is 1. The van der Waals surface area contributed by atoms with Crippen molar-refractivity contribution in [3.63, 3.8) is 0 Å². The summed E-state index contributed by atoms with van der Waals surface area (Å²) in [6.07, 6.45) is -0.299. The van der Waals surface area contributed by atoms with Crippen LogP contribution in [0.4, 0.5) is 18.0 Å². The van der Waals surface area contributed by atoms with E-state index in [1.54, 1.807) is 19.1 Å². The first kappa shape index (κ1) is 42.5. The van der Waals surface area contributed by atoms with Crippen molar-refractivity contribution in [2.24, 2.45) is 17.8 Å². The predicted molar refractivity (Wildman–Crippen MR) is 209 cm³/mol. The third-order valence-electron chi connectivity index (χ3n) is 13.2. The van der Waals surface area contributed by atoms with Gasteiger partial charge >= 0.3 is 12.3 Å². The Bertz CT molecular complexity index is 2180. The monoisotopic (exact) mass is 847 g/mol. The van der Waals surface area contributed by atoms with Gasteiger partial charge in [-0.2, -0.15) is 13.2 Å². The highest BCUT2D eigenvalue weighted by Gasteiger charge is 2.64. The van der Waals surface area contributed by atoms with E-state index in [0.717, 1.165) is 22.3 Å². The van der Waals surface area contributed by atoms with Crippen LogP contribution in [0.5, 0.6) is 11.6 Å². The first-order valence-corrected chi connectivity index (χ1v) is 21.8.